The number of carbonyl (C=O) groups excluding carboxylic acids is 2. The van der Waals surface area contributed by atoms with E-state index in [4.69, 9.17) is 4.74 Å². The monoisotopic (exact) mass is 303 g/mol. The van der Waals surface area contributed by atoms with Gasteiger partial charge in [-0.1, -0.05) is 17.7 Å². The van der Waals surface area contributed by atoms with Crippen molar-refractivity contribution in [2.24, 2.45) is 0 Å². The summed E-state index contributed by atoms with van der Waals surface area (Å²) in [5.41, 5.74) is 1.98. The van der Waals surface area contributed by atoms with Crippen molar-refractivity contribution in [2.45, 2.75) is 20.8 Å². The molecule has 4 nitrogen and oxygen atoms in total. The Kier molecular flexibility index (Phi) is 4.75. The average molecular weight is 303 g/mol. The second kappa shape index (κ2) is 6.54. The Balaban J connectivity index is 2.23. The van der Waals surface area contributed by atoms with E-state index in [1.807, 2.05) is 26.0 Å². The van der Waals surface area contributed by atoms with Crippen LogP contribution < -0.4 is 5.32 Å². The van der Waals surface area contributed by atoms with E-state index in [1.54, 1.807) is 25.1 Å². The summed E-state index contributed by atoms with van der Waals surface area (Å²) in [5, 5.41) is 3.32. The molecule has 0 fully saturated rings. The van der Waals surface area contributed by atoms with Crippen LogP contribution in [0.2, 0.25) is 0 Å². The van der Waals surface area contributed by atoms with Gasteiger partial charge in [0.15, 0.2) is 0 Å². The summed E-state index contributed by atoms with van der Waals surface area (Å²) in [6.45, 7) is 5.87. The zero-order valence-electron chi connectivity index (χ0n) is 12.2. The predicted molar refractivity (Wildman–Crippen MR) is 84.1 cm³/mol. The van der Waals surface area contributed by atoms with E-state index >= 15 is 0 Å². The Morgan fingerprint density at radius 2 is 2.00 bits per heavy atom. The predicted octanol–water partition coefficient (Wildman–Crippen LogP) is 3.79. The fourth-order valence-corrected chi connectivity index (χ4v) is 2.82. The van der Waals surface area contributed by atoms with Crippen LogP contribution in [0.3, 0.4) is 0 Å². The van der Waals surface area contributed by atoms with Crippen molar-refractivity contribution >= 4 is 28.2 Å². The highest BCUT2D eigenvalue weighted by Gasteiger charge is 2.18. The van der Waals surface area contributed by atoms with Gasteiger partial charge < -0.3 is 10.1 Å². The molecular weight excluding hydrogens is 286 g/mol. The number of esters is 1. The average Bonchev–Trinajstić information content (AvgIpc) is 2.80. The minimum Gasteiger partial charge on any atom is -0.462 e. The van der Waals surface area contributed by atoms with E-state index in [9.17, 15) is 9.59 Å². The molecule has 0 atom stereocenters. The number of aryl methyl sites for hydroxylation is 2. The minimum absolute atomic E-state index is 0.230. The van der Waals surface area contributed by atoms with Crippen molar-refractivity contribution in [3.8, 4) is 0 Å². The van der Waals surface area contributed by atoms with E-state index in [0.717, 1.165) is 10.4 Å². The summed E-state index contributed by atoms with van der Waals surface area (Å²) in [6.07, 6.45) is 0. The van der Waals surface area contributed by atoms with Gasteiger partial charge in [-0.2, -0.15) is 0 Å². The normalized spacial score (nSPS) is 10.2. The van der Waals surface area contributed by atoms with E-state index in [-0.39, 0.29) is 5.91 Å². The van der Waals surface area contributed by atoms with Gasteiger partial charge in [0, 0.05) is 10.4 Å². The van der Waals surface area contributed by atoms with Gasteiger partial charge in [0.1, 0.15) is 5.00 Å². The zero-order valence-corrected chi connectivity index (χ0v) is 13.0. The number of rotatable bonds is 4. The van der Waals surface area contributed by atoms with Gasteiger partial charge in [-0.25, -0.2) is 4.79 Å². The van der Waals surface area contributed by atoms with Crippen LogP contribution in [-0.2, 0) is 4.74 Å². The first-order chi connectivity index (χ1) is 10.0. The first-order valence-electron chi connectivity index (χ1n) is 6.67. The van der Waals surface area contributed by atoms with Gasteiger partial charge in [0.2, 0.25) is 0 Å². The van der Waals surface area contributed by atoms with Crippen molar-refractivity contribution in [3.05, 3.63) is 51.9 Å². The molecule has 1 aromatic heterocycles. The topological polar surface area (TPSA) is 55.4 Å². The molecule has 1 aromatic carbocycles. The highest BCUT2D eigenvalue weighted by molar-refractivity contribution is 7.16. The van der Waals surface area contributed by atoms with E-state index in [1.165, 1.54) is 11.3 Å². The molecule has 0 spiro atoms. The molecule has 2 rings (SSSR count). The largest absolute Gasteiger partial charge is 0.462 e. The second-order valence-corrected chi connectivity index (χ2v) is 5.90. The maximum absolute atomic E-state index is 12.3. The van der Waals surface area contributed by atoms with Gasteiger partial charge in [0.25, 0.3) is 5.91 Å². The molecule has 2 aromatic rings. The van der Waals surface area contributed by atoms with Crippen LogP contribution in [0, 0.1) is 13.8 Å². The fourth-order valence-electron chi connectivity index (χ4n) is 1.93. The molecule has 0 saturated carbocycles. The summed E-state index contributed by atoms with van der Waals surface area (Å²) in [4.78, 5) is 25.1. The molecular formula is C16H17NO3S. The first kappa shape index (κ1) is 15.3. The third-order valence-electron chi connectivity index (χ3n) is 2.86. The maximum Gasteiger partial charge on any atom is 0.341 e. The lowest BCUT2D eigenvalue weighted by Crippen LogP contribution is -2.14. The molecule has 5 heteroatoms. The number of nitrogens with one attached hydrogen (secondary N) is 1. The Morgan fingerprint density at radius 3 is 2.67 bits per heavy atom. The number of thiophene rings is 1. The Hall–Kier alpha value is -2.14. The van der Waals surface area contributed by atoms with Crippen LogP contribution >= 0.6 is 11.3 Å². The minimum atomic E-state index is -0.415. The first-order valence-corrected chi connectivity index (χ1v) is 7.48. The summed E-state index contributed by atoms with van der Waals surface area (Å²) < 4.78 is 5.00. The second-order valence-electron chi connectivity index (χ2n) is 4.64. The van der Waals surface area contributed by atoms with E-state index in [0.29, 0.717) is 22.7 Å². The smallest absolute Gasteiger partial charge is 0.341 e. The summed E-state index contributed by atoms with van der Waals surface area (Å²) in [6, 6.07) is 9.04. The number of hydrogen-bond acceptors (Lipinski definition) is 4. The number of anilines is 1. The number of benzene rings is 1. The molecule has 0 aliphatic rings. The molecule has 1 amide bonds. The molecule has 0 aliphatic heterocycles. The van der Waals surface area contributed by atoms with Crippen molar-refractivity contribution in [1.82, 2.24) is 0 Å². The van der Waals surface area contributed by atoms with Crippen LogP contribution in [0.25, 0.3) is 0 Å². The Morgan fingerprint density at radius 1 is 1.24 bits per heavy atom. The molecule has 0 radical (unpaired) electrons. The number of carbonyl (C=O) groups is 2. The maximum atomic E-state index is 12.3. The van der Waals surface area contributed by atoms with Crippen molar-refractivity contribution in [3.63, 3.8) is 0 Å². The molecule has 110 valence electrons. The van der Waals surface area contributed by atoms with Crippen LogP contribution in [0.4, 0.5) is 5.00 Å². The lowest BCUT2D eigenvalue weighted by Gasteiger charge is -2.06. The van der Waals surface area contributed by atoms with Crippen molar-refractivity contribution < 1.29 is 14.3 Å². The van der Waals surface area contributed by atoms with Crippen LogP contribution in [0.5, 0.6) is 0 Å². The highest BCUT2D eigenvalue weighted by Crippen LogP contribution is 2.28. The SMILES string of the molecule is CCOC(=O)c1cc(C)sc1NC(=O)c1cccc(C)c1. The number of ether oxygens (including phenoxy) is 1. The van der Waals surface area contributed by atoms with Crippen molar-refractivity contribution in [2.75, 3.05) is 11.9 Å². The van der Waals surface area contributed by atoms with Gasteiger partial charge in [0.05, 0.1) is 12.2 Å². The third-order valence-corrected chi connectivity index (χ3v) is 3.82. The van der Waals surface area contributed by atoms with E-state index < -0.39 is 5.97 Å². The molecule has 0 saturated heterocycles. The fraction of sp³-hybridized carbons (Fsp3) is 0.250. The van der Waals surface area contributed by atoms with Gasteiger partial charge >= 0.3 is 5.97 Å². The van der Waals surface area contributed by atoms with Gasteiger partial charge in [-0.05, 0) is 39.0 Å². The Labute approximate surface area is 127 Å². The van der Waals surface area contributed by atoms with Crippen LogP contribution in [0.1, 0.15) is 38.1 Å². The summed E-state index contributed by atoms with van der Waals surface area (Å²) in [5.74, 6) is -0.646. The van der Waals surface area contributed by atoms with Gasteiger partial charge in [-0.15, -0.1) is 11.3 Å². The molecule has 1 N–H and O–H groups in total. The van der Waals surface area contributed by atoms with E-state index in [2.05, 4.69) is 5.32 Å². The van der Waals surface area contributed by atoms with Crippen LogP contribution in [-0.4, -0.2) is 18.5 Å². The van der Waals surface area contributed by atoms with Crippen LogP contribution in [0.15, 0.2) is 30.3 Å². The number of hydrogen-bond donors (Lipinski definition) is 1. The summed E-state index contributed by atoms with van der Waals surface area (Å²) >= 11 is 1.36. The lowest BCUT2D eigenvalue weighted by molar-refractivity contribution is 0.0528. The van der Waals surface area contributed by atoms with Gasteiger partial charge in [-0.3, -0.25) is 4.79 Å². The molecule has 0 unspecified atom stereocenters. The highest BCUT2D eigenvalue weighted by atomic mass is 32.1. The zero-order chi connectivity index (χ0) is 15.4. The molecule has 21 heavy (non-hydrogen) atoms. The Bertz CT molecular complexity index is 676. The molecule has 0 aliphatic carbocycles. The molecule has 0 bridgehead atoms. The standard InChI is InChI=1S/C16H17NO3S/c1-4-20-16(19)13-9-11(3)21-15(13)17-14(18)12-7-5-6-10(2)8-12/h5-9H,4H2,1-3H3,(H,17,18). The third kappa shape index (κ3) is 3.70. The quantitative estimate of drug-likeness (QED) is 0.874. The number of amides is 1. The lowest BCUT2D eigenvalue weighted by atomic mass is 10.1. The van der Waals surface area contributed by atoms with Crippen molar-refractivity contribution in [1.29, 1.82) is 0 Å². The molecule has 1 heterocycles. The summed E-state index contributed by atoms with van der Waals surface area (Å²) in [7, 11) is 0.